The van der Waals surface area contributed by atoms with Crippen LogP contribution in [0.3, 0.4) is 0 Å². The lowest BCUT2D eigenvalue weighted by Gasteiger charge is -2.14. The molecule has 5 nitrogen and oxygen atoms in total. The normalized spacial score (nSPS) is 11.1. The predicted octanol–water partition coefficient (Wildman–Crippen LogP) is 6.67. The maximum atomic E-state index is 12.4. The number of aromatic nitrogens is 2. The number of nitrogens with zero attached hydrogens (tertiary/aromatic N) is 2. The maximum Gasteiger partial charge on any atom is 0.189 e. The van der Waals surface area contributed by atoms with Gasteiger partial charge in [-0.25, -0.2) is 0 Å². The highest BCUT2D eigenvalue weighted by Crippen LogP contribution is 2.37. The number of allylic oxidation sites excluding steroid dienone is 1. The van der Waals surface area contributed by atoms with Gasteiger partial charge >= 0.3 is 0 Å². The summed E-state index contributed by atoms with van der Waals surface area (Å²) in [7, 11) is 1.62. The van der Waals surface area contributed by atoms with Gasteiger partial charge in [0.15, 0.2) is 5.78 Å². The molecule has 0 spiro atoms. The SMILES string of the molecule is CCn1cc(C(=O)/C=C/c2ccc(OC)c(COc3c(Br)cc(Br)cc3Br)c2)cn1. The first kappa shape index (κ1) is 22.8. The molecule has 1 heterocycles. The van der Waals surface area contributed by atoms with Crippen molar-refractivity contribution in [3.8, 4) is 11.5 Å². The van der Waals surface area contributed by atoms with Crippen molar-refractivity contribution < 1.29 is 14.3 Å². The molecule has 0 radical (unpaired) electrons. The Kier molecular flexibility index (Phi) is 7.91. The zero-order valence-corrected chi connectivity index (χ0v) is 21.1. The number of hydrogen-bond acceptors (Lipinski definition) is 4. The highest BCUT2D eigenvalue weighted by atomic mass is 79.9. The molecule has 0 amide bonds. The van der Waals surface area contributed by atoms with Crippen molar-refractivity contribution in [3.63, 3.8) is 0 Å². The number of benzene rings is 2. The predicted molar refractivity (Wildman–Crippen MR) is 128 cm³/mol. The number of ketones is 1. The Bertz CT molecular complexity index is 1070. The molecule has 0 aliphatic carbocycles. The van der Waals surface area contributed by atoms with E-state index < -0.39 is 0 Å². The number of aryl methyl sites for hydroxylation is 1. The highest BCUT2D eigenvalue weighted by molar-refractivity contribution is 9.11. The van der Waals surface area contributed by atoms with E-state index in [-0.39, 0.29) is 5.78 Å². The minimum absolute atomic E-state index is 0.0916. The molecule has 3 aromatic rings. The van der Waals surface area contributed by atoms with E-state index in [1.807, 2.05) is 37.3 Å². The van der Waals surface area contributed by atoms with E-state index in [9.17, 15) is 4.79 Å². The summed E-state index contributed by atoms with van der Waals surface area (Å²) in [5.41, 5.74) is 2.31. The van der Waals surface area contributed by atoms with Crippen LogP contribution < -0.4 is 9.47 Å². The van der Waals surface area contributed by atoms with Crippen LogP contribution in [0.2, 0.25) is 0 Å². The molecule has 2 aromatic carbocycles. The number of ether oxygens (including phenoxy) is 2. The Hall–Kier alpha value is -1.90. The van der Waals surface area contributed by atoms with Crippen molar-refractivity contribution in [3.05, 3.63) is 78.9 Å². The largest absolute Gasteiger partial charge is 0.496 e. The zero-order valence-electron chi connectivity index (χ0n) is 16.4. The summed E-state index contributed by atoms with van der Waals surface area (Å²) >= 11 is 10.5. The third-order valence-electron chi connectivity index (χ3n) is 4.31. The highest BCUT2D eigenvalue weighted by Gasteiger charge is 2.11. The third-order valence-corrected chi connectivity index (χ3v) is 5.94. The molecule has 0 atom stereocenters. The molecule has 0 fully saturated rings. The van der Waals surface area contributed by atoms with E-state index in [2.05, 4.69) is 52.9 Å². The molecular weight excluding hydrogens is 580 g/mol. The lowest BCUT2D eigenvalue weighted by molar-refractivity contribution is 0.104. The van der Waals surface area contributed by atoms with Gasteiger partial charge in [-0.1, -0.05) is 28.1 Å². The molecule has 0 bridgehead atoms. The van der Waals surface area contributed by atoms with E-state index in [1.54, 1.807) is 36.3 Å². The number of hydrogen-bond donors (Lipinski definition) is 0. The van der Waals surface area contributed by atoms with E-state index in [1.165, 1.54) is 0 Å². The molecular formula is C22H19Br3N2O3. The quantitative estimate of drug-likeness (QED) is 0.215. The van der Waals surface area contributed by atoms with Crippen LogP contribution in [-0.2, 0) is 13.2 Å². The number of carbonyl (C=O) groups is 1. The molecule has 30 heavy (non-hydrogen) atoms. The minimum atomic E-state index is -0.0916. The number of rotatable bonds is 8. The monoisotopic (exact) mass is 596 g/mol. The summed E-state index contributed by atoms with van der Waals surface area (Å²) in [5.74, 6) is 1.32. The lowest BCUT2D eigenvalue weighted by atomic mass is 10.1. The smallest absolute Gasteiger partial charge is 0.189 e. The van der Waals surface area contributed by atoms with Crippen molar-refractivity contribution in [2.75, 3.05) is 7.11 Å². The standard InChI is InChI=1S/C22H19Br3N2O3/c1-3-27-12-16(11-26-27)20(28)6-4-14-5-7-21(29-2)15(8-14)13-30-22-18(24)9-17(23)10-19(22)25/h4-12H,3,13H2,1-2H3/b6-4+. The number of methoxy groups -OCH3 is 1. The molecule has 1 aromatic heterocycles. The van der Waals surface area contributed by atoms with Gasteiger partial charge in [-0.2, -0.15) is 5.10 Å². The van der Waals surface area contributed by atoms with Crippen LogP contribution >= 0.6 is 47.8 Å². The van der Waals surface area contributed by atoms with Gasteiger partial charge in [0.05, 0.1) is 27.8 Å². The Morgan fingerprint density at radius 2 is 1.90 bits per heavy atom. The number of carbonyl (C=O) groups excluding carboxylic acids is 1. The van der Waals surface area contributed by atoms with E-state index in [0.29, 0.717) is 23.7 Å². The Labute approximate surface area is 200 Å². The summed E-state index contributed by atoms with van der Waals surface area (Å²) < 4.78 is 15.8. The van der Waals surface area contributed by atoms with Crippen LogP contribution in [0.1, 0.15) is 28.4 Å². The summed E-state index contributed by atoms with van der Waals surface area (Å²) in [5, 5.41) is 4.14. The molecule has 0 unspecified atom stereocenters. The second kappa shape index (κ2) is 10.4. The van der Waals surface area contributed by atoms with Crippen molar-refractivity contribution in [1.82, 2.24) is 9.78 Å². The molecule has 8 heteroatoms. The van der Waals surface area contributed by atoms with Crippen molar-refractivity contribution >= 4 is 59.6 Å². The van der Waals surface area contributed by atoms with E-state index in [4.69, 9.17) is 9.47 Å². The third kappa shape index (κ3) is 5.62. The summed E-state index contributed by atoms with van der Waals surface area (Å²) in [6.45, 7) is 3.01. The fourth-order valence-electron chi connectivity index (χ4n) is 2.76. The van der Waals surface area contributed by atoms with Gasteiger partial charge in [0, 0.05) is 22.8 Å². The van der Waals surface area contributed by atoms with Gasteiger partial charge in [0.1, 0.15) is 18.1 Å². The molecule has 0 aliphatic heterocycles. The van der Waals surface area contributed by atoms with Crippen LogP contribution in [0, 0.1) is 0 Å². The molecule has 3 rings (SSSR count). The fourth-order valence-corrected chi connectivity index (χ4v) is 5.25. The molecule has 0 N–H and O–H groups in total. The van der Waals surface area contributed by atoms with E-state index >= 15 is 0 Å². The van der Waals surface area contributed by atoms with Crippen molar-refractivity contribution in [2.45, 2.75) is 20.1 Å². The Morgan fingerprint density at radius 3 is 2.53 bits per heavy atom. The molecule has 0 aliphatic rings. The van der Waals surface area contributed by atoms with Gasteiger partial charge in [-0.3, -0.25) is 9.48 Å². The van der Waals surface area contributed by atoms with Crippen LogP contribution in [-0.4, -0.2) is 22.7 Å². The van der Waals surface area contributed by atoms with E-state index in [0.717, 1.165) is 31.1 Å². The summed E-state index contributed by atoms with van der Waals surface area (Å²) in [6, 6.07) is 9.54. The summed E-state index contributed by atoms with van der Waals surface area (Å²) in [4.78, 5) is 12.4. The topological polar surface area (TPSA) is 53.4 Å². The van der Waals surface area contributed by atoms with Crippen LogP contribution in [0.15, 0.2) is 62.2 Å². The maximum absolute atomic E-state index is 12.4. The average molecular weight is 599 g/mol. The average Bonchev–Trinajstić information content (AvgIpc) is 3.20. The Morgan fingerprint density at radius 1 is 1.17 bits per heavy atom. The van der Waals surface area contributed by atoms with Gasteiger partial charge in [0.25, 0.3) is 0 Å². The first-order valence-corrected chi connectivity index (χ1v) is 11.5. The van der Waals surface area contributed by atoms with Gasteiger partial charge < -0.3 is 9.47 Å². The van der Waals surface area contributed by atoms with Crippen molar-refractivity contribution in [1.29, 1.82) is 0 Å². The first-order valence-electron chi connectivity index (χ1n) is 9.10. The first-order chi connectivity index (χ1) is 14.4. The van der Waals surface area contributed by atoms with Crippen LogP contribution in [0.5, 0.6) is 11.5 Å². The van der Waals surface area contributed by atoms with Crippen LogP contribution in [0.25, 0.3) is 6.08 Å². The zero-order chi connectivity index (χ0) is 21.7. The molecule has 156 valence electrons. The van der Waals surface area contributed by atoms with Crippen molar-refractivity contribution in [2.24, 2.45) is 0 Å². The second-order valence-corrected chi connectivity index (χ2v) is 8.97. The van der Waals surface area contributed by atoms with Crippen LogP contribution in [0.4, 0.5) is 0 Å². The van der Waals surface area contributed by atoms with Gasteiger partial charge in [-0.05, 0) is 74.7 Å². The van der Waals surface area contributed by atoms with Gasteiger partial charge in [0.2, 0.25) is 0 Å². The fraction of sp³-hybridized carbons (Fsp3) is 0.182. The molecule has 0 saturated carbocycles. The second-order valence-electron chi connectivity index (χ2n) is 6.34. The minimum Gasteiger partial charge on any atom is -0.496 e. The van der Waals surface area contributed by atoms with Gasteiger partial charge in [-0.15, -0.1) is 0 Å². The molecule has 0 saturated heterocycles. The summed E-state index contributed by atoms with van der Waals surface area (Å²) in [6.07, 6.45) is 6.65. The Balaban J connectivity index is 1.77. The number of halogens is 3. The lowest BCUT2D eigenvalue weighted by Crippen LogP contribution is -2.00.